The Balaban J connectivity index is 2.43. The zero-order valence-electron chi connectivity index (χ0n) is 12.0. The number of nitrogens with zero attached hydrogens (tertiary/aromatic N) is 3. The van der Waals surface area contributed by atoms with Crippen LogP contribution in [0.3, 0.4) is 0 Å². The summed E-state index contributed by atoms with van der Waals surface area (Å²) in [6, 6.07) is 3.54. The second-order valence-electron chi connectivity index (χ2n) is 4.45. The van der Waals surface area contributed by atoms with Crippen molar-refractivity contribution in [2.45, 2.75) is 19.5 Å². The predicted molar refractivity (Wildman–Crippen MR) is 86.6 cm³/mol. The fraction of sp³-hybridized carbons (Fsp3) is 0.429. The molecule has 7 heteroatoms. The molecule has 0 bridgehead atoms. The molecule has 0 fully saturated rings. The Hall–Kier alpha value is -0.950. The molecule has 0 aliphatic rings. The molecule has 0 saturated heterocycles. The van der Waals surface area contributed by atoms with E-state index in [0.717, 1.165) is 22.4 Å². The van der Waals surface area contributed by atoms with Crippen LogP contribution in [-0.2, 0) is 11.3 Å². The first-order valence-electron chi connectivity index (χ1n) is 6.73. The van der Waals surface area contributed by atoms with Gasteiger partial charge >= 0.3 is 0 Å². The van der Waals surface area contributed by atoms with Crippen molar-refractivity contribution in [1.82, 2.24) is 20.1 Å². The lowest BCUT2D eigenvalue weighted by Gasteiger charge is -2.20. The van der Waals surface area contributed by atoms with Gasteiger partial charge in [0, 0.05) is 13.3 Å². The van der Waals surface area contributed by atoms with Crippen LogP contribution < -0.4 is 5.32 Å². The highest BCUT2D eigenvalue weighted by Crippen LogP contribution is 2.31. The molecular weight excluding hydrogens is 356 g/mol. The number of halogens is 2. The van der Waals surface area contributed by atoms with Gasteiger partial charge in [-0.1, -0.05) is 18.5 Å². The fourth-order valence-corrected chi connectivity index (χ4v) is 2.91. The predicted octanol–water partition coefficient (Wildman–Crippen LogP) is 3.04. The molecule has 2 rings (SSSR count). The lowest BCUT2D eigenvalue weighted by atomic mass is 10.1. The number of hydrogen-bond acceptors (Lipinski definition) is 4. The molecule has 0 saturated carbocycles. The van der Waals surface area contributed by atoms with Gasteiger partial charge < -0.3 is 10.1 Å². The molecular formula is C14H18BrClN4O. The van der Waals surface area contributed by atoms with Crippen LogP contribution in [-0.4, -0.2) is 35.0 Å². The van der Waals surface area contributed by atoms with Crippen LogP contribution in [0.2, 0.25) is 5.02 Å². The van der Waals surface area contributed by atoms with Gasteiger partial charge in [-0.15, -0.1) is 0 Å². The summed E-state index contributed by atoms with van der Waals surface area (Å²) >= 11 is 9.88. The third-order valence-electron chi connectivity index (χ3n) is 3.08. The molecule has 0 spiro atoms. The van der Waals surface area contributed by atoms with E-state index < -0.39 is 0 Å². The number of rotatable bonds is 7. The highest BCUT2D eigenvalue weighted by Gasteiger charge is 2.24. The lowest BCUT2D eigenvalue weighted by molar-refractivity contribution is 0.182. The summed E-state index contributed by atoms with van der Waals surface area (Å²) in [5.74, 6) is 0. The first kappa shape index (κ1) is 16.4. The summed E-state index contributed by atoms with van der Waals surface area (Å²) in [5.41, 5.74) is 1.79. The van der Waals surface area contributed by atoms with Gasteiger partial charge in [0.25, 0.3) is 0 Å². The van der Waals surface area contributed by atoms with Crippen LogP contribution in [0.5, 0.6) is 0 Å². The van der Waals surface area contributed by atoms with Gasteiger partial charge in [0.1, 0.15) is 0 Å². The normalized spacial score (nSPS) is 12.6. The summed E-state index contributed by atoms with van der Waals surface area (Å²) in [4.78, 5) is 4.43. The molecule has 0 aliphatic heterocycles. The highest BCUT2D eigenvalue weighted by molar-refractivity contribution is 9.10. The minimum absolute atomic E-state index is 0.127. The maximum absolute atomic E-state index is 6.31. The van der Waals surface area contributed by atoms with Gasteiger partial charge in [-0.25, -0.2) is 0 Å². The molecule has 0 radical (unpaired) electrons. The summed E-state index contributed by atoms with van der Waals surface area (Å²) in [6.45, 7) is 4.10. The van der Waals surface area contributed by atoms with E-state index in [1.54, 1.807) is 19.5 Å². The maximum atomic E-state index is 6.31. The average Bonchev–Trinajstić information content (AvgIpc) is 2.84. The first-order valence-corrected chi connectivity index (χ1v) is 7.90. The number of nitrogens with one attached hydrogen (secondary N) is 1. The Kier molecular flexibility index (Phi) is 6.17. The Bertz CT molecular complexity index is 590. The number of pyridine rings is 1. The standard InChI is InChI=1S/C14H18BrClN4O/c1-3-17-13(12-11(16)5-4-6-18-12)14-10(15)9-19-20(14)7-8-21-2/h4-6,9,13,17H,3,7-8H2,1-2H3. The van der Waals surface area contributed by atoms with Crippen molar-refractivity contribution in [2.24, 2.45) is 0 Å². The third-order valence-corrected chi connectivity index (χ3v) is 4.01. The molecule has 1 N–H and O–H groups in total. The Morgan fingerprint density at radius 1 is 1.52 bits per heavy atom. The van der Waals surface area contributed by atoms with Gasteiger partial charge in [0.2, 0.25) is 0 Å². The highest BCUT2D eigenvalue weighted by atomic mass is 79.9. The molecule has 114 valence electrons. The van der Waals surface area contributed by atoms with E-state index in [1.165, 1.54) is 0 Å². The Morgan fingerprint density at radius 3 is 3.00 bits per heavy atom. The molecule has 2 heterocycles. The van der Waals surface area contributed by atoms with Crippen LogP contribution in [0.4, 0.5) is 0 Å². The molecule has 1 atom stereocenters. The lowest BCUT2D eigenvalue weighted by Crippen LogP contribution is -2.27. The van der Waals surface area contributed by atoms with Gasteiger partial charge in [-0.3, -0.25) is 9.67 Å². The first-order chi connectivity index (χ1) is 10.2. The Morgan fingerprint density at radius 2 is 2.33 bits per heavy atom. The van der Waals surface area contributed by atoms with Gasteiger partial charge in [-0.2, -0.15) is 5.10 Å². The van der Waals surface area contributed by atoms with Crippen LogP contribution in [0.1, 0.15) is 24.4 Å². The largest absolute Gasteiger partial charge is 0.383 e. The van der Waals surface area contributed by atoms with E-state index >= 15 is 0 Å². The number of methoxy groups -OCH3 is 1. The zero-order chi connectivity index (χ0) is 15.2. The van der Waals surface area contributed by atoms with Crippen molar-refractivity contribution < 1.29 is 4.74 Å². The van der Waals surface area contributed by atoms with Crippen molar-refractivity contribution in [3.8, 4) is 0 Å². The van der Waals surface area contributed by atoms with Crippen LogP contribution in [0.25, 0.3) is 0 Å². The number of aromatic nitrogens is 3. The molecule has 2 aromatic heterocycles. The third kappa shape index (κ3) is 3.83. The minimum atomic E-state index is -0.127. The summed E-state index contributed by atoms with van der Waals surface area (Å²) < 4.78 is 7.97. The van der Waals surface area contributed by atoms with Crippen LogP contribution in [0, 0.1) is 0 Å². The van der Waals surface area contributed by atoms with Crippen molar-refractivity contribution in [3.63, 3.8) is 0 Å². The monoisotopic (exact) mass is 372 g/mol. The zero-order valence-corrected chi connectivity index (χ0v) is 14.4. The second kappa shape index (κ2) is 7.89. The van der Waals surface area contributed by atoms with Crippen molar-refractivity contribution in [1.29, 1.82) is 0 Å². The summed E-state index contributed by atoms with van der Waals surface area (Å²) in [5, 5.41) is 8.45. The van der Waals surface area contributed by atoms with Crippen molar-refractivity contribution in [3.05, 3.63) is 45.4 Å². The van der Waals surface area contributed by atoms with Crippen molar-refractivity contribution >= 4 is 27.5 Å². The van der Waals surface area contributed by atoms with Gasteiger partial charge in [0.15, 0.2) is 0 Å². The molecule has 21 heavy (non-hydrogen) atoms. The molecule has 0 aromatic carbocycles. The number of hydrogen-bond donors (Lipinski definition) is 1. The van der Waals surface area contributed by atoms with E-state index in [2.05, 4.69) is 31.3 Å². The van der Waals surface area contributed by atoms with E-state index in [4.69, 9.17) is 16.3 Å². The maximum Gasteiger partial charge on any atom is 0.0948 e. The molecule has 2 aromatic rings. The number of ether oxygens (including phenoxy) is 1. The minimum Gasteiger partial charge on any atom is -0.383 e. The second-order valence-corrected chi connectivity index (χ2v) is 5.72. The molecule has 0 amide bonds. The fourth-order valence-electron chi connectivity index (χ4n) is 2.15. The van der Waals surface area contributed by atoms with Crippen LogP contribution >= 0.6 is 27.5 Å². The average molecular weight is 374 g/mol. The molecule has 5 nitrogen and oxygen atoms in total. The SMILES string of the molecule is CCNC(c1ncccc1Cl)c1c(Br)cnn1CCOC. The van der Waals surface area contributed by atoms with E-state index in [0.29, 0.717) is 18.2 Å². The topological polar surface area (TPSA) is 52.0 Å². The quantitative estimate of drug-likeness (QED) is 0.810. The molecule has 1 unspecified atom stereocenters. The van der Waals surface area contributed by atoms with E-state index in [-0.39, 0.29) is 6.04 Å². The molecule has 0 aliphatic carbocycles. The smallest absolute Gasteiger partial charge is 0.0948 e. The van der Waals surface area contributed by atoms with Gasteiger partial charge in [-0.05, 0) is 34.6 Å². The van der Waals surface area contributed by atoms with E-state index in [9.17, 15) is 0 Å². The van der Waals surface area contributed by atoms with Gasteiger partial charge in [0.05, 0.1) is 46.3 Å². The Labute approximate surface area is 137 Å². The van der Waals surface area contributed by atoms with E-state index in [1.807, 2.05) is 23.7 Å². The van der Waals surface area contributed by atoms with Crippen LogP contribution in [0.15, 0.2) is 29.0 Å². The summed E-state index contributed by atoms with van der Waals surface area (Å²) in [6.07, 6.45) is 3.53. The van der Waals surface area contributed by atoms with Crippen molar-refractivity contribution in [2.75, 3.05) is 20.3 Å². The summed E-state index contributed by atoms with van der Waals surface area (Å²) in [7, 11) is 1.68.